The van der Waals surface area contributed by atoms with Gasteiger partial charge in [-0.2, -0.15) is 0 Å². The molecule has 0 aliphatic rings. The number of carbonyl (C=O) groups excluding carboxylic acids is 3. The van der Waals surface area contributed by atoms with E-state index in [1.54, 1.807) is 0 Å². The van der Waals surface area contributed by atoms with Gasteiger partial charge in [0.2, 0.25) is 17.0 Å². The van der Waals surface area contributed by atoms with Gasteiger partial charge in [-0.05, 0) is 26.7 Å². The van der Waals surface area contributed by atoms with Gasteiger partial charge < -0.3 is 40.1 Å². The van der Waals surface area contributed by atoms with Crippen LogP contribution in [0.2, 0.25) is 0 Å². The maximum atomic E-state index is 11.9. The van der Waals surface area contributed by atoms with Crippen LogP contribution >= 0.6 is 15.2 Å². The highest BCUT2D eigenvalue weighted by Gasteiger charge is 2.56. The SMILES string of the molecule is CCOC(=O)C(NC(=O)CCCCCC(N)(P(=O)(O)O)P(=O)(O)O)C(=O)OCC. The maximum Gasteiger partial charge on any atom is 0.357 e. The van der Waals surface area contributed by atoms with Gasteiger partial charge in [0.25, 0.3) is 0 Å². The van der Waals surface area contributed by atoms with E-state index >= 15 is 0 Å². The molecule has 0 saturated heterocycles. The van der Waals surface area contributed by atoms with Crippen molar-refractivity contribution in [3.63, 3.8) is 0 Å². The molecule has 0 aromatic heterocycles. The maximum absolute atomic E-state index is 11.9. The first-order chi connectivity index (χ1) is 13.2. The predicted octanol–water partition coefficient (Wildman–Crippen LogP) is -0.484. The third kappa shape index (κ3) is 8.51. The first kappa shape index (κ1) is 27.7. The Morgan fingerprint density at radius 1 is 0.931 bits per heavy atom. The van der Waals surface area contributed by atoms with Crippen LogP contribution in [0.25, 0.3) is 0 Å². The Morgan fingerprint density at radius 2 is 1.38 bits per heavy atom. The quantitative estimate of drug-likeness (QED) is 0.0883. The number of ether oxygens (including phenoxy) is 2. The Labute approximate surface area is 167 Å². The summed E-state index contributed by atoms with van der Waals surface area (Å²) in [5.41, 5.74) is 5.28. The zero-order valence-corrected chi connectivity index (χ0v) is 17.9. The summed E-state index contributed by atoms with van der Waals surface area (Å²) in [4.78, 5) is 72.1. The number of nitrogens with one attached hydrogen (secondary N) is 1. The first-order valence-corrected chi connectivity index (χ1v) is 12.0. The topological polar surface area (TPSA) is 223 Å². The minimum atomic E-state index is -5.30. The molecule has 0 aromatic rings. The van der Waals surface area contributed by atoms with E-state index in [2.05, 4.69) is 5.32 Å². The van der Waals surface area contributed by atoms with Crippen molar-refractivity contribution >= 4 is 33.0 Å². The first-order valence-electron chi connectivity index (χ1n) is 8.74. The van der Waals surface area contributed by atoms with Gasteiger partial charge in [0.05, 0.1) is 13.2 Å². The van der Waals surface area contributed by atoms with Gasteiger partial charge in [0.1, 0.15) is 0 Å². The van der Waals surface area contributed by atoms with E-state index in [0.29, 0.717) is 0 Å². The fourth-order valence-electron chi connectivity index (χ4n) is 2.21. The number of hydrogen-bond donors (Lipinski definition) is 6. The van der Waals surface area contributed by atoms with E-state index in [-0.39, 0.29) is 38.9 Å². The Balaban J connectivity index is 4.67. The molecule has 0 bridgehead atoms. The molecule has 13 nitrogen and oxygen atoms in total. The number of amides is 1. The van der Waals surface area contributed by atoms with Crippen molar-refractivity contribution < 1.29 is 52.6 Å². The Hall–Kier alpha value is -1.33. The van der Waals surface area contributed by atoms with Gasteiger partial charge in [-0.25, -0.2) is 9.59 Å². The molecule has 0 fully saturated rings. The minimum absolute atomic E-state index is 0.00934. The van der Waals surface area contributed by atoms with Crippen LogP contribution in [-0.4, -0.2) is 61.7 Å². The highest BCUT2D eigenvalue weighted by atomic mass is 31.2. The highest BCUT2D eigenvalue weighted by Crippen LogP contribution is 2.67. The van der Waals surface area contributed by atoms with E-state index < -0.39 is 50.5 Å². The summed E-state index contributed by atoms with van der Waals surface area (Å²) in [6, 6.07) is -1.62. The largest absolute Gasteiger partial charge is 0.464 e. The zero-order valence-electron chi connectivity index (χ0n) is 16.1. The van der Waals surface area contributed by atoms with Crippen LogP contribution in [0, 0.1) is 0 Å². The number of hydrogen-bond acceptors (Lipinski definition) is 8. The van der Waals surface area contributed by atoms with Crippen molar-refractivity contribution in [2.45, 2.75) is 57.0 Å². The second-order valence-corrected chi connectivity index (χ2v) is 10.2. The Bertz CT molecular complexity index is 632. The van der Waals surface area contributed by atoms with Crippen molar-refractivity contribution in [1.82, 2.24) is 5.32 Å². The average Bonchev–Trinajstić information content (AvgIpc) is 2.57. The molecule has 7 N–H and O–H groups in total. The van der Waals surface area contributed by atoms with E-state index in [9.17, 15) is 23.5 Å². The van der Waals surface area contributed by atoms with Crippen LogP contribution in [0.5, 0.6) is 0 Å². The summed E-state index contributed by atoms with van der Waals surface area (Å²) in [6.45, 7) is 3.03. The molecule has 15 heteroatoms. The molecular formula is C14H28N2O11P2. The molecule has 0 aliphatic carbocycles. The van der Waals surface area contributed by atoms with Gasteiger partial charge in [-0.3, -0.25) is 13.9 Å². The molecular weight excluding hydrogens is 434 g/mol. The number of unbranched alkanes of at least 4 members (excludes halogenated alkanes) is 2. The van der Waals surface area contributed by atoms with Crippen molar-refractivity contribution in [3.8, 4) is 0 Å². The molecule has 29 heavy (non-hydrogen) atoms. The molecule has 0 rings (SSSR count). The van der Waals surface area contributed by atoms with Crippen LogP contribution in [-0.2, 0) is 33.0 Å². The highest BCUT2D eigenvalue weighted by molar-refractivity contribution is 7.72. The summed E-state index contributed by atoms with van der Waals surface area (Å²) in [5, 5.41) is -0.819. The standard InChI is InChI=1S/C14H28N2O11P2/c1-3-26-12(18)11(13(19)27-4-2)16-10(17)8-6-5-7-9-14(15,28(20,21)22)29(23,24)25/h11H,3-9,15H2,1-2H3,(H,16,17)(H2,20,21,22)(H2,23,24,25). The van der Waals surface area contributed by atoms with Crippen LogP contribution < -0.4 is 11.1 Å². The van der Waals surface area contributed by atoms with Gasteiger partial charge in [0, 0.05) is 6.42 Å². The number of nitrogens with two attached hydrogens (primary N) is 1. The lowest BCUT2D eigenvalue weighted by atomic mass is 10.1. The van der Waals surface area contributed by atoms with Crippen LogP contribution in [0.3, 0.4) is 0 Å². The van der Waals surface area contributed by atoms with E-state index in [4.69, 9.17) is 34.8 Å². The molecule has 0 unspecified atom stereocenters. The summed E-state index contributed by atoms with van der Waals surface area (Å²) in [6.07, 6.45) is -0.631. The van der Waals surface area contributed by atoms with Gasteiger partial charge in [0.15, 0.2) is 0 Å². The van der Waals surface area contributed by atoms with Crippen molar-refractivity contribution in [2.24, 2.45) is 5.73 Å². The lowest BCUT2D eigenvalue weighted by molar-refractivity contribution is -0.159. The predicted molar refractivity (Wildman–Crippen MR) is 99.3 cm³/mol. The van der Waals surface area contributed by atoms with Gasteiger partial charge >= 0.3 is 27.1 Å². The van der Waals surface area contributed by atoms with Crippen molar-refractivity contribution in [3.05, 3.63) is 0 Å². The number of esters is 2. The second kappa shape index (κ2) is 11.8. The lowest BCUT2D eigenvalue weighted by Crippen LogP contribution is -2.48. The van der Waals surface area contributed by atoms with E-state index in [1.807, 2.05) is 0 Å². The molecule has 0 aliphatic heterocycles. The fraction of sp³-hybridized carbons (Fsp3) is 0.786. The van der Waals surface area contributed by atoms with E-state index in [1.165, 1.54) is 13.8 Å². The molecule has 0 radical (unpaired) electrons. The summed E-state index contributed by atoms with van der Waals surface area (Å²) < 4.78 is 32.1. The van der Waals surface area contributed by atoms with Crippen LogP contribution in [0.15, 0.2) is 0 Å². The Morgan fingerprint density at radius 3 is 1.76 bits per heavy atom. The Kier molecular flexibility index (Phi) is 11.2. The fourth-order valence-corrected chi connectivity index (χ4v) is 4.46. The zero-order chi connectivity index (χ0) is 22.9. The molecule has 1 amide bonds. The number of rotatable bonds is 13. The van der Waals surface area contributed by atoms with Crippen LogP contribution in [0.4, 0.5) is 0 Å². The van der Waals surface area contributed by atoms with Crippen molar-refractivity contribution in [1.29, 1.82) is 0 Å². The third-order valence-electron chi connectivity index (χ3n) is 3.81. The van der Waals surface area contributed by atoms with E-state index in [0.717, 1.165) is 0 Å². The lowest BCUT2D eigenvalue weighted by Gasteiger charge is -2.30. The minimum Gasteiger partial charge on any atom is -0.464 e. The average molecular weight is 462 g/mol. The molecule has 0 heterocycles. The smallest absolute Gasteiger partial charge is 0.357 e. The molecule has 170 valence electrons. The van der Waals surface area contributed by atoms with Gasteiger partial charge in [-0.1, -0.05) is 12.8 Å². The normalized spacial score (nSPS) is 12.6. The summed E-state index contributed by atoms with van der Waals surface area (Å²) in [7, 11) is -10.6. The molecule has 0 aromatic carbocycles. The molecule has 0 atom stereocenters. The number of carbonyl (C=O) groups is 3. The third-order valence-corrected chi connectivity index (χ3v) is 7.84. The molecule has 0 saturated carbocycles. The summed E-state index contributed by atoms with van der Waals surface area (Å²) >= 11 is 0. The molecule has 0 spiro atoms. The monoisotopic (exact) mass is 462 g/mol. The second-order valence-electron chi connectivity index (χ2n) is 6.03. The van der Waals surface area contributed by atoms with Crippen LogP contribution in [0.1, 0.15) is 46.0 Å². The van der Waals surface area contributed by atoms with Crippen molar-refractivity contribution in [2.75, 3.05) is 13.2 Å². The van der Waals surface area contributed by atoms with Gasteiger partial charge in [-0.15, -0.1) is 0 Å². The summed E-state index contributed by atoms with van der Waals surface area (Å²) in [5.74, 6) is -2.63.